The van der Waals surface area contributed by atoms with Gasteiger partial charge in [-0.3, -0.25) is 10.2 Å². The molecule has 0 spiro atoms. The zero-order chi connectivity index (χ0) is 21.0. The molecule has 1 unspecified atom stereocenters. The SMILES string of the molecule is N=C(CS/C=C\I)S(=O)(=O)c1ccc2c(c1)CCCC2C(=O)c1ccc(F)cc1. The Kier molecular flexibility index (Phi) is 7.28. The van der Waals surface area contributed by atoms with Gasteiger partial charge in [0.05, 0.1) is 10.6 Å². The molecule has 4 nitrogen and oxygen atoms in total. The summed E-state index contributed by atoms with van der Waals surface area (Å²) in [6.07, 6.45) is 2.12. The number of benzene rings is 2. The Hall–Kier alpha value is -1.52. The van der Waals surface area contributed by atoms with E-state index < -0.39 is 15.7 Å². The van der Waals surface area contributed by atoms with Gasteiger partial charge in [-0.2, -0.15) is 0 Å². The summed E-state index contributed by atoms with van der Waals surface area (Å²) < 4.78 is 40.4. The third-order valence-electron chi connectivity index (χ3n) is 4.87. The Morgan fingerprint density at radius 2 is 1.97 bits per heavy atom. The number of nitrogens with one attached hydrogen (secondary N) is 1. The van der Waals surface area contributed by atoms with Crippen LogP contribution in [0, 0.1) is 11.2 Å². The minimum Gasteiger partial charge on any atom is -0.293 e. The first-order chi connectivity index (χ1) is 13.8. The van der Waals surface area contributed by atoms with Crippen LogP contribution in [-0.2, 0) is 16.3 Å². The first-order valence-corrected chi connectivity index (χ1v) is 12.7. The number of aryl methyl sites for hydroxylation is 1. The third kappa shape index (κ3) is 4.97. The fraction of sp³-hybridized carbons (Fsp3) is 0.238. The predicted molar refractivity (Wildman–Crippen MR) is 123 cm³/mol. The standard InChI is InChI=1S/C21H19FINO3S2/c22-16-6-4-14(5-7-16)21(25)19-3-1-2-15-12-17(8-9-18(15)19)29(26,27)20(24)13-28-11-10-23/h4-12,19,24H,1-3,13H2/b11-10-,24-20?. The molecule has 0 amide bonds. The van der Waals surface area contributed by atoms with Crippen LogP contribution in [-0.4, -0.2) is 25.0 Å². The van der Waals surface area contributed by atoms with Crippen molar-refractivity contribution in [3.05, 3.63) is 74.5 Å². The Balaban J connectivity index is 1.88. The molecule has 1 N–H and O–H groups in total. The maximum atomic E-state index is 13.2. The molecule has 29 heavy (non-hydrogen) atoms. The van der Waals surface area contributed by atoms with Crippen LogP contribution in [0.4, 0.5) is 4.39 Å². The van der Waals surface area contributed by atoms with Gasteiger partial charge >= 0.3 is 0 Å². The molecule has 0 heterocycles. The van der Waals surface area contributed by atoms with E-state index in [1.54, 1.807) is 21.6 Å². The van der Waals surface area contributed by atoms with Crippen molar-refractivity contribution in [1.29, 1.82) is 5.41 Å². The number of Topliss-reactive ketones (excluding diaryl/α,β-unsaturated/α-hetero) is 1. The Morgan fingerprint density at radius 1 is 1.24 bits per heavy atom. The van der Waals surface area contributed by atoms with Gasteiger partial charge < -0.3 is 0 Å². The van der Waals surface area contributed by atoms with Gasteiger partial charge in [-0.25, -0.2) is 12.8 Å². The van der Waals surface area contributed by atoms with Crippen molar-refractivity contribution >= 4 is 55.0 Å². The van der Waals surface area contributed by atoms with E-state index >= 15 is 0 Å². The summed E-state index contributed by atoms with van der Waals surface area (Å²) in [6, 6.07) is 10.3. The largest absolute Gasteiger partial charge is 0.293 e. The number of fused-ring (bicyclic) bond motifs is 1. The molecule has 2 aromatic rings. The predicted octanol–water partition coefficient (Wildman–Crippen LogP) is 5.52. The Labute approximate surface area is 187 Å². The van der Waals surface area contributed by atoms with E-state index in [2.05, 4.69) is 0 Å². The Morgan fingerprint density at radius 3 is 2.66 bits per heavy atom. The van der Waals surface area contributed by atoms with Crippen LogP contribution in [0.1, 0.15) is 40.2 Å². The topological polar surface area (TPSA) is 75.1 Å². The lowest BCUT2D eigenvalue weighted by atomic mass is 9.79. The summed E-state index contributed by atoms with van der Waals surface area (Å²) in [7, 11) is -3.85. The first-order valence-electron chi connectivity index (χ1n) is 8.96. The van der Waals surface area contributed by atoms with E-state index in [0.29, 0.717) is 18.4 Å². The maximum absolute atomic E-state index is 13.2. The van der Waals surface area contributed by atoms with Gasteiger partial charge in [-0.05, 0) is 76.3 Å². The number of sulfone groups is 1. The number of hydrogen-bond donors (Lipinski definition) is 1. The second kappa shape index (κ2) is 9.53. The van der Waals surface area contributed by atoms with E-state index in [4.69, 9.17) is 5.41 Å². The molecule has 152 valence electrons. The van der Waals surface area contributed by atoms with Crippen LogP contribution in [0.3, 0.4) is 0 Å². The van der Waals surface area contributed by atoms with Gasteiger partial charge in [0.25, 0.3) is 0 Å². The molecule has 0 fully saturated rings. The fourth-order valence-electron chi connectivity index (χ4n) is 3.43. The van der Waals surface area contributed by atoms with Gasteiger partial charge in [0.1, 0.15) is 10.9 Å². The molecule has 8 heteroatoms. The number of carbonyl (C=O) groups is 1. The highest BCUT2D eigenvalue weighted by atomic mass is 127. The van der Waals surface area contributed by atoms with Crippen molar-refractivity contribution in [2.75, 3.05) is 5.75 Å². The minimum atomic E-state index is -3.85. The van der Waals surface area contributed by atoms with Crippen LogP contribution >= 0.6 is 34.4 Å². The zero-order valence-electron chi connectivity index (χ0n) is 15.4. The molecule has 0 bridgehead atoms. The lowest BCUT2D eigenvalue weighted by molar-refractivity contribution is 0.0951. The number of hydrogen-bond acceptors (Lipinski definition) is 5. The first kappa shape index (κ1) is 22.2. The summed E-state index contributed by atoms with van der Waals surface area (Å²) in [5.74, 6) is -0.777. The van der Waals surface area contributed by atoms with Gasteiger partial charge in [0, 0.05) is 11.5 Å². The summed E-state index contributed by atoms with van der Waals surface area (Å²) in [6.45, 7) is 0. The van der Waals surface area contributed by atoms with Crippen molar-refractivity contribution in [3.63, 3.8) is 0 Å². The maximum Gasteiger partial charge on any atom is 0.220 e. The lowest BCUT2D eigenvalue weighted by Gasteiger charge is -2.25. The van der Waals surface area contributed by atoms with Crippen LogP contribution < -0.4 is 0 Å². The second-order valence-corrected chi connectivity index (χ2v) is 10.3. The molecule has 0 saturated heterocycles. The summed E-state index contributed by atoms with van der Waals surface area (Å²) >= 11 is 3.29. The van der Waals surface area contributed by atoms with E-state index in [9.17, 15) is 17.6 Å². The van der Waals surface area contributed by atoms with Crippen LogP contribution in [0.5, 0.6) is 0 Å². The zero-order valence-corrected chi connectivity index (χ0v) is 19.2. The smallest absolute Gasteiger partial charge is 0.220 e. The molecule has 0 aromatic heterocycles. The second-order valence-electron chi connectivity index (χ2n) is 6.68. The quantitative estimate of drug-likeness (QED) is 0.226. The highest BCUT2D eigenvalue weighted by molar-refractivity contribution is 14.1. The Bertz CT molecular complexity index is 1070. The average molecular weight is 543 g/mol. The molecular weight excluding hydrogens is 524 g/mol. The number of halogens is 2. The highest BCUT2D eigenvalue weighted by Gasteiger charge is 2.29. The van der Waals surface area contributed by atoms with Crippen LogP contribution in [0.2, 0.25) is 0 Å². The molecule has 0 saturated carbocycles. The van der Waals surface area contributed by atoms with Gasteiger partial charge in [-0.15, -0.1) is 11.8 Å². The molecule has 0 aliphatic heterocycles. The molecule has 1 atom stereocenters. The minimum absolute atomic E-state index is 0.0740. The van der Waals surface area contributed by atoms with Gasteiger partial charge in [0.15, 0.2) is 5.78 Å². The van der Waals surface area contributed by atoms with Crippen molar-refractivity contribution in [2.45, 2.75) is 30.1 Å². The third-order valence-corrected chi connectivity index (χ3v) is 8.35. The summed E-state index contributed by atoms with van der Waals surface area (Å²) in [4.78, 5) is 13.0. The molecule has 1 aliphatic carbocycles. The fourth-order valence-corrected chi connectivity index (χ4v) is 6.02. The molecular formula is C21H19FINO3S2. The number of thioether (sulfide) groups is 1. The molecule has 3 rings (SSSR count). The molecule has 1 aliphatic rings. The van der Waals surface area contributed by atoms with Crippen molar-refractivity contribution in [3.8, 4) is 0 Å². The molecule has 2 aromatic carbocycles. The monoisotopic (exact) mass is 543 g/mol. The highest BCUT2D eigenvalue weighted by Crippen LogP contribution is 2.35. The lowest BCUT2D eigenvalue weighted by Crippen LogP contribution is -2.21. The van der Waals surface area contributed by atoms with Gasteiger partial charge in [-0.1, -0.05) is 28.7 Å². The van der Waals surface area contributed by atoms with Gasteiger partial charge in [0.2, 0.25) is 9.84 Å². The average Bonchev–Trinajstić information content (AvgIpc) is 2.73. The molecule has 0 radical (unpaired) electrons. The van der Waals surface area contributed by atoms with E-state index in [1.807, 2.05) is 22.6 Å². The van der Waals surface area contributed by atoms with Crippen molar-refractivity contribution in [2.24, 2.45) is 0 Å². The number of ketones is 1. The number of carbonyl (C=O) groups excluding carboxylic acids is 1. The summed E-state index contributed by atoms with van der Waals surface area (Å²) in [5, 5.41) is 9.35. The van der Waals surface area contributed by atoms with Crippen molar-refractivity contribution < 1.29 is 17.6 Å². The number of rotatable bonds is 6. The van der Waals surface area contributed by atoms with Crippen molar-refractivity contribution in [1.82, 2.24) is 0 Å². The normalized spacial score (nSPS) is 16.6. The van der Waals surface area contributed by atoms with Crippen LogP contribution in [0.15, 0.2) is 56.9 Å². The van der Waals surface area contributed by atoms with Crippen LogP contribution in [0.25, 0.3) is 0 Å². The van der Waals surface area contributed by atoms with E-state index in [0.717, 1.165) is 17.5 Å². The van der Waals surface area contributed by atoms with E-state index in [-0.39, 0.29) is 27.4 Å². The summed E-state index contributed by atoms with van der Waals surface area (Å²) in [5.41, 5.74) is 2.09. The van der Waals surface area contributed by atoms with E-state index in [1.165, 1.54) is 42.1 Å².